The summed E-state index contributed by atoms with van der Waals surface area (Å²) in [5, 5.41) is 6.81. The van der Waals surface area contributed by atoms with Gasteiger partial charge in [-0.1, -0.05) is 30.3 Å². The van der Waals surface area contributed by atoms with Crippen molar-refractivity contribution in [2.24, 2.45) is 4.99 Å². The van der Waals surface area contributed by atoms with Crippen LogP contribution in [0.5, 0.6) is 0 Å². The van der Waals surface area contributed by atoms with Gasteiger partial charge in [0.05, 0.1) is 12.2 Å². The van der Waals surface area contributed by atoms with Crippen molar-refractivity contribution < 1.29 is 4.74 Å². The first-order valence-electron chi connectivity index (χ1n) is 10.4. The van der Waals surface area contributed by atoms with Gasteiger partial charge in [-0.3, -0.25) is 14.9 Å². The van der Waals surface area contributed by atoms with E-state index >= 15 is 0 Å². The lowest BCUT2D eigenvalue weighted by molar-refractivity contribution is -0.0705. The summed E-state index contributed by atoms with van der Waals surface area (Å²) in [5.41, 5.74) is 3.73. The van der Waals surface area contributed by atoms with Gasteiger partial charge in [-0.15, -0.1) is 0 Å². The maximum absolute atomic E-state index is 5.86. The molecule has 2 unspecified atom stereocenters. The van der Waals surface area contributed by atoms with Crippen LogP contribution in [0.4, 0.5) is 0 Å². The monoisotopic (exact) mass is 395 g/mol. The molecule has 156 valence electrons. The Morgan fingerprint density at radius 1 is 1.07 bits per heavy atom. The molecule has 1 aliphatic heterocycles. The highest BCUT2D eigenvalue weighted by atomic mass is 16.5. The first kappa shape index (κ1) is 21.3. The Bertz CT molecular complexity index is 770. The topological polar surface area (TPSA) is 61.8 Å². The van der Waals surface area contributed by atoms with Crippen LogP contribution in [0, 0.1) is 0 Å². The van der Waals surface area contributed by atoms with Crippen molar-refractivity contribution in [3.05, 3.63) is 65.5 Å². The Hall–Kier alpha value is -2.44. The van der Waals surface area contributed by atoms with Crippen molar-refractivity contribution >= 4 is 5.96 Å². The number of aromatic nitrogens is 1. The number of benzene rings is 1. The first-order chi connectivity index (χ1) is 14.1. The zero-order valence-corrected chi connectivity index (χ0v) is 17.8. The molecule has 29 heavy (non-hydrogen) atoms. The molecule has 1 fully saturated rings. The SMILES string of the molecule is CN=C(NCCc1ccccn1)NCc1ccccc1CN1CC(C)OC(C)C1. The molecular formula is C23H33N5O. The molecule has 0 spiro atoms. The molecule has 3 rings (SSSR count). The molecule has 1 aromatic carbocycles. The fourth-order valence-corrected chi connectivity index (χ4v) is 3.79. The fraction of sp³-hybridized carbons (Fsp3) is 0.478. The summed E-state index contributed by atoms with van der Waals surface area (Å²) in [4.78, 5) is 11.2. The van der Waals surface area contributed by atoms with Gasteiger partial charge in [0.25, 0.3) is 0 Å². The van der Waals surface area contributed by atoms with Crippen molar-refractivity contribution in [3.8, 4) is 0 Å². The molecule has 0 bridgehead atoms. The van der Waals surface area contributed by atoms with Crippen LogP contribution in [-0.2, 0) is 24.2 Å². The molecule has 0 aliphatic carbocycles. The molecule has 2 aromatic rings. The molecule has 6 nitrogen and oxygen atoms in total. The number of aliphatic imine (C=N–C) groups is 1. The van der Waals surface area contributed by atoms with E-state index < -0.39 is 0 Å². The number of hydrogen-bond acceptors (Lipinski definition) is 4. The van der Waals surface area contributed by atoms with Gasteiger partial charge >= 0.3 is 0 Å². The third-order valence-corrected chi connectivity index (χ3v) is 5.08. The van der Waals surface area contributed by atoms with Gasteiger partial charge in [-0.05, 0) is 37.1 Å². The van der Waals surface area contributed by atoms with Crippen LogP contribution < -0.4 is 10.6 Å². The van der Waals surface area contributed by atoms with Crippen molar-refractivity contribution in [2.45, 2.75) is 45.6 Å². The van der Waals surface area contributed by atoms with Crippen LogP contribution in [0.25, 0.3) is 0 Å². The van der Waals surface area contributed by atoms with Gasteiger partial charge in [0.2, 0.25) is 0 Å². The Labute approximate surface area is 174 Å². The normalized spacial score (nSPS) is 20.4. The van der Waals surface area contributed by atoms with Crippen molar-refractivity contribution in [2.75, 3.05) is 26.7 Å². The minimum absolute atomic E-state index is 0.283. The molecule has 1 saturated heterocycles. The van der Waals surface area contributed by atoms with E-state index in [2.05, 4.69) is 63.6 Å². The third kappa shape index (κ3) is 6.84. The van der Waals surface area contributed by atoms with Crippen molar-refractivity contribution in [1.82, 2.24) is 20.5 Å². The largest absolute Gasteiger partial charge is 0.373 e. The minimum atomic E-state index is 0.283. The quantitative estimate of drug-likeness (QED) is 0.557. The van der Waals surface area contributed by atoms with Crippen LogP contribution in [0.1, 0.15) is 30.7 Å². The average Bonchev–Trinajstić information content (AvgIpc) is 2.71. The van der Waals surface area contributed by atoms with Gasteiger partial charge in [0, 0.05) is 58.1 Å². The van der Waals surface area contributed by atoms with Crippen LogP contribution in [0.3, 0.4) is 0 Å². The summed E-state index contributed by atoms with van der Waals surface area (Å²) in [7, 11) is 1.80. The number of rotatable bonds is 7. The van der Waals surface area contributed by atoms with Crippen molar-refractivity contribution in [3.63, 3.8) is 0 Å². The fourth-order valence-electron chi connectivity index (χ4n) is 3.79. The molecule has 0 amide bonds. The Morgan fingerprint density at radius 3 is 2.48 bits per heavy atom. The molecule has 0 radical (unpaired) electrons. The molecule has 1 aromatic heterocycles. The molecule has 0 saturated carbocycles. The van der Waals surface area contributed by atoms with Gasteiger partial charge in [-0.25, -0.2) is 0 Å². The van der Waals surface area contributed by atoms with E-state index in [1.807, 2.05) is 24.4 Å². The maximum atomic E-state index is 5.86. The van der Waals surface area contributed by atoms with E-state index in [1.165, 1.54) is 11.1 Å². The zero-order chi connectivity index (χ0) is 20.5. The Kier molecular flexibility index (Phi) is 8.02. The van der Waals surface area contributed by atoms with Gasteiger partial charge in [-0.2, -0.15) is 0 Å². The molecule has 6 heteroatoms. The highest BCUT2D eigenvalue weighted by molar-refractivity contribution is 5.79. The van der Waals surface area contributed by atoms with Crippen LogP contribution in [0.15, 0.2) is 53.7 Å². The average molecular weight is 396 g/mol. The Morgan fingerprint density at radius 2 is 1.79 bits per heavy atom. The van der Waals surface area contributed by atoms with E-state index in [0.29, 0.717) is 0 Å². The second kappa shape index (κ2) is 10.9. The minimum Gasteiger partial charge on any atom is -0.373 e. The van der Waals surface area contributed by atoms with Gasteiger partial charge < -0.3 is 15.4 Å². The van der Waals surface area contributed by atoms with Crippen LogP contribution in [0.2, 0.25) is 0 Å². The van der Waals surface area contributed by atoms with Gasteiger partial charge in [0.15, 0.2) is 5.96 Å². The van der Waals surface area contributed by atoms with E-state index in [0.717, 1.165) is 50.8 Å². The van der Waals surface area contributed by atoms with E-state index in [9.17, 15) is 0 Å². The first-order valence-corrected chi connectivity index (χ1v) is 10.4. The predicted molar refractivity (Wildman–Crippen MR) is 118 cm³/mol. The van der Waals surface area contributed by atoms with Gasteiger partial charge in [0.1, 0.15) is 0 Å². The molecule has 2 N–H and O–H groups in total. The van der Waals surface area contributed by atoms with E-state index in [1.54, 1.807) is 7.05 Å². The van der Waals surface area contributed by atoms with Crippen LogP contribution >= 0.6 is 0 Å². The smallest absolute Gasteiger partial charge is 0.191 e. The summed E-state index contributed by atoms with van der Waals surface area (Å²) in [6, 6.07) is 14.6. The number of ether oxygens (including phenoxy) is 1. The highest BCUT2D eigenvalue weighted by Gasteiger charge is 2.22. The molecule has 1 aliphatic rings. The maximum Gasteiger partial charge on any atom is 0.191 e. The summed E-state index contributed by atoms with van der Waals surface area (Å²) in [5.74, 6) is 0.810. The van der Waals surface area contributed by atoms with E-state index in [4.69, 9.17) is 4.74 Å². The lowest BCUT2D eigenvalue weighted by Crippen LogP contribution is -2.45. The Balaban J connectivity index is 1.51. The summed E-state index contributed by atoms with van der Waals surface area (Å²) in [6.45, 7) is 8.73. The molecular weight excluding hydrogens is 362 g/mol. The second-order valence-electron chi connectivity index (χ2n) is 7.64. The number of pyridine rings is 1. The summed E-state index contributed by atoms with van der Waals surface area (Å²) in [6.07, 6.45) is 3.26. The number of nitrogens with one attached hydrogen (secondary N) is 2. The summed E-state index contributed by atoms with van der Waals surface area (Å²) < 4.78 is 5.86. The zero-order valence-electron chi connectivity index (χ0n) is 17.8. The predicted octanol–water partition coefficient (Wildman–Crippen LogP) is 2.60. The standard InChI is InChI=1S/C23H33N5O/c1-18-15-28(16-19(2)29-18)17-21-9-5-4-8-20(21)14-27-23(24-3)26-13-11-22-10-6-7-12-25-22/h4-10,12,18-19H,11,13-17H2,1-3H3,(H2,24,26,27). The molecule has 2 atom stereocenters. The number of nitrogens with zero attached hydrogens (tertiary/aromatic N) is 3. The molecule has 2 heterocycles. The highest BCUT2D eigenvalue weighted by Crippen LogP contribution is 2.17. The van der Waals surface area contributed by atoms with Crippen LogP contribution in [-0.4, -0.2) is 54.7 Å². The number of hydrogen-bond donors (Lipinski definition) is 2. The lowest BCUT2D eigenvalue weighted by atomic mass is 10.1. The second-order valence-corrected chi connectivity index (χ2v) is 7.64. The third-order valence-electron chi connectivity index (χ3n) is 5.08. The lowest BCUT2D eigenvalue weighted by Gasteiger charge is -2.35. The number of morpholine rings is 1. The number of guanidine groups is 1. The summed E-state index contributed by atoms with van der Waals surface area (Å²) >= 11 is 0. The van der Waals surface area contributed by atoms with Crippen molar-refractivity contribution in [1.29, 1.82) is 0 Å². The van der Waals surface area contributed by atoms with E-state index in [-0.39, 0.29) is 12.2 Å².